The maximum absolute atomic E-state index is 14.0. The van der Waals surface area contributed by atoms with E-state index in [2.05, 4.69) is 34.8 Å². The fourth-order valence-corrected chi connectivity index (χ4v) is 6.77. The number of aromatic nitrogens is 1. The average Bonchev–Trinajstić information content (AvgIpc) is 3.30. The zero-order valence-corrected chi connectivity index (χ0v) is 28.2. The largest absolute Gasteiger partial charge is 0.493 e. The third-order valence-electron chi connectivity index (χ3n) is 7.28. The van der Waals surface area contributed by atoms with Crippen molar-refractivity contribution in [3.8, 4) is 11.5 Å². The van der Waals surface area contributed by atoms with E-state index in [0.717, 1.165) is 16.7 Å². The van der Waals surface area contributed by atoms with E-state index < -0.39 is 12.0 Å². The molecule has 0 fully saturated rings. The van der Waals surface area contributed by atoms with Crippen molar-refractivity contribution in [2.75, 3.05) is 13.7 Å². The molecule has 1 aromatic heterocycles. The summed E-state index contributed by atoms with van der Waals surface area (Å²) in [5, 5.41) is 0.657. The molecule has 228 valence electrons. The van der Waals surface area contributed by atoms with Gasteiger partial charge in [0.1, 0.15) is 6.61 Å². The van der Waals surface area contributed by atoms with Gasteiger partial charge in [0, 0.05) is 5.02 Å². The van der Waals surface area contributed by atoms with Crippen LogP contribution in [0, 0.1) is 0 Å². The molecular formula is C34H32BrClN2O5S. The first-order chi connectivity index (χ1) is 21.1. The van der Waals surface area contributed by atoms with Crippen molar-refractivity contribution in [3.05, 3.63) is 123 Å². The van der Waals surface area contributed by atoms with Crippen LogP contribution in [0.2, 0.25) is 5.02 Å². The standard InChI is InChI=1S/C34H32BrClN2O5S/c1-6-42-33(40)29-20(4)37-34-38(30(29)24-11-9-23(10-12-24)19(2)3)32(39)28(44-34)17-22-15-26(35)31(27(16-22)41-5)43-18-21-7-13-25(36)14-8-21/h7-17,19,30H,6,18H2,1-5H3/b28-17-/t30-/m0/s1. The number of rotatable bonds is 9. The van der Waals surface area contributed by atoms with Gasteiger partial charge in [0.2, 0.25) is 0 Å². The van der Waals surface area contributed by atoms with Crippen LogP contribution in [-0.2, 0) is 16.1 Å². The Morgan fingerprint density at radius 3 is 2.48 bits per heavy atom. The lowest BCUT2D eigenvalue weighted by Gasteiger charge is -2.25. The molecule has 10 heteroatoms. The normalized spacial score (nSPS) is 14.8. The van der Waals surface area contributed by atoms with Crippen LogP contribution in [0.15, 0.2) is 86.2 Å². The molecule has 0 saturated heterocycles. The van der Waals surface area contributed by atoms with Crippen LogP contribution < -0.4 is 24.4 Å². The van der Waals surface area contributed by atoms with E-state index in [-0.39, 0.29) is 12.2 Å². The summed E-state index contributed by atoms with van der Waals surface area (Å²) in [6.07, 6.45) is 1.79. The van der Waals surface area contributed by atoms with Crippen LogP contribution in [-0.4, -0.2) is 24.3 Å². The van der Waals surface area contributed by atoms with Crippen molar-refractivity contribution >= 4 is 50.9 Å². The second-order valence-electron chi connectivity index (χ2n) is 10.6. The maximum Gasteiger partial charge on any atom is 0.338 e. The van der Waals surface area contributed by atoms with E-state index in [1.165, 1.54) is 16.9 Å². The number of fused-ring (bicyclic) bond motifs is 1. The molecule has 0 spiro atoms. The first-order valence-electron chi connectivity index (χ1n) is 14.2. The molecule has 44 heavy (non-hydrogen) atoms. The molecule has 0 bridgehead atoms. The lowest BCUT2D eigenvalue weighted by Crippen LogP contribution is -2.39. The van der Waals surface area contributed by atoms with Gasteiger partial charge in [0.15, 0.2) is 16.3 Å². The van der Waals surface area contributed by atoms with Gasteiger partial charge in [-0.15, -0.1) is 0 Å². The van der Waals surface area contributed by atoms with Gasteiger partial charge in [-0.1, -0.05) is 73.2 Å². The highest BCUT2D eigenvalue weighted by Crippen LogP contribution is 2.37. The number of methoxy groups -OCH3 is 1. The van der Waals surface area contributed by atoms with E-state index in [1.807, 2.05) is 60.7 Å². The molecule has 1 atom stereocenters. The highest BCUT2D eigenvalue weighted by molar-refractivity contribution is 9.10. The van der Waals surface area contributed by atoms with Gasteiger partial charge >= 0.3 is 5.97 Å². The number of esters is 1. The van der Waals surface area contributed by atoms with Gasteiger partial charge in [0.05, 0.1) is 40.0 Å². The number of nitrogens with zero attached hydrogens (tertiary/aromatic N) is 2. The van der Waals surface area contributed by atoms with Gasteiger partial charge in [-0.25, -0.2) is 9.79 Å². The van der Waals surface area contributed by atoms with E-state index in [9.17, 15) is 9.59 Å². The lowest BCUT2D eigenvalue weighted by atomic mass is 9.93. The number of carbonyl (C=O) groups is 1. The Morgan fingerprint density at radius 2 is 1.84 bits per heavy atom. The van der Waals surface area contributed by atoms with E-state index >= 15 is 0 Å². The van der Waals surface area contributed by atoms with Crippen molar-refractivity contribution in [2.45, 2.75) is 46.3 Å². The third kappa shape index (κ3) is 6.55. The first-order valence-corrected chi connectivity index (χ1v) is 16.1. The van der Waals surface area contributed by atoms with Crippen LogP contribution >= 0.6 is 38.9 Å². The Bertz CT molecular complexity index is 1910. The predicted octanol–water partition coefficient (Wildman–Crippen LogP) is 6.93. The van der Waals surface area contributed by atoms with Crippen molar-refractivity contribution in [1.29, 1.82) is 0 Å². The summed E-state index contributed by atoms with van der Waals surface area (Å²) in [6, 6.07) is 18.5. The Kier molecular flexibility index (Phi) is 9.78. The average molecular weight is 696 g/mol. The second-order valence-corrected chi connectivity index (χ2v) is 12.9. The molecule has 0 radical (unpaired) electrons. The first kappa shape index (κ1) is 31.8. The third-order valence-corrected chi connectivity index (χ3v) is 9.11. The number of hydrogen-bond donors (Lipinski definition) is 0. The number of ether oxygens (including phenoxy) is 3. The molecule has 4 aromatic rings. The number of allylic oxidation sites excluding steroid dienone is 1. The predicted molar refractivity (Wildman–Crippen MR) is 177 cm³/mol. The molecule has 0 amide bonds. The number of hydrogen-bond acceptors (Lipinski definition) is 7. The minimum atomic E-state index is -0.668. The summed E-state index contributed by atoms with van der Waals surface area (Å²) < 4.78 is 19.9. The SMILES string of the molecule is CCOC(=O)C1=C(C)N=c2s/c(=C\c3cc(Br)c(OCc4ccc(Cl)cc4)c(OC)c3)c(=O)n2[C@H]1c1ccc(C(C)C)cc1. The van der Waals surface area contributed by atoms with Crippen LogP contribution in [0.5, 0.6) is 11.5 Å². The summed E-state index contributed by atoms with van der Waals surface area (Å²) in [6.45, 7) is 8.33. The topological polar surface area (TPSA) is 79.1 Å². The summed E-state index contributed by atoms with van der Waals surface area (Å²) >= 11 is 10.9. The van der Waals surface area contributed by atoms with Crippen molar-refractivity contribution in [2.24, 2.45) is 4.99 Å². The second kappa shape index (κ2) is 13.5. The van der Waals surface area contributed by atoms with Gasteiger partial charge in [-0.3, -0.25) is 9.36 Å². The highest BCUT2D eigenvalue weighted by atomic mass is 79.9. The summed E-state index contributed by atoms with van der Waals surface area (Å²) in [4.78, 5) is 32.4. The van der Waals surface area contributed by atoms with Crippen LogP contribution in [0.1, 0.15) is 61.9 Å². The summed E-state index contributed by atoms with van der Waals surface area (Å²) in [5.74, 6) is 0.915. The van der Waals surface area contributed by atoms with Gasteiger partial charge < -0.3 is 14.2 Å². The molecule has 0 unspecified atom stereocenters. The zero-order chi connectivity index (χ0) is 31.5. The van der Waals surface area contributed by atoms with E-state index in [0.29, 0.717) is 54.1 Å². The summed E-state index contributed by atoms with van der Waals surface area (Å²) in [5.41, 5.74) is 4.30. The molecule has 7 nitrogen and oxygen atoms in total. The van der Waals surface area contributed by atoms with E-state index in [1.54, 1.807) is 31.6 Å². The molecule has 0 aliphatic carbocycles. The Morgan fingerprint density at radius 1 is 1.14 bits per heavy atom. The fourth-order valence-electron chi connectivity index (χ4n) is 5.02. The monoisotopic (exact) mass is 694 g/mol. The number of thiazole rings is 1. The number of halogens is 2. The van der Waals surface area contributed by atoms with Gasteiger partial charge in [0.25, 0.3) is 5.56 Å². The molecule has 0 N–H and O–H groups in total. The fraction of sp³-hybridized carbons (Fsp3) is 0.265. The summed E-state index contributed by atoms with van der Waals surface area (Å²) in [7, 11) is 1.57. The minimum absolute atomic E-state index is 0.217. The molecular weight excluding hydrogens is 664 g/mol. The molecule has 1 aliphatic rings. The van der Waals surface area contributed by atoms with Crippen molar-refractivity contribution in [1.82, 2.24) is 4.57 Å². The quantitative estimate of drug-likeness (QED) is 0.178. The number of benzene rings is 3. The Hall–Kier alpha value is -3.66. The van der Waals surface area contributed by atoms with Crippen LogP contribution in [0.25, 0.3) is 6.08 Å². The highest BCUT2D eigenvalue weighted by Gasteiger charge is 2.33. The Balaban J connectivity index is 1.57. The molecule has 1 aliphatic heterocycles. The molecule has 2 heterocycles. The van der Waals surface area contributed by atoms with Crippen molar-refractivity contribution < 1.29 is 19.0 Å². The molecule has 5 rings (SSSR count). The molecule has 3 aromatic carbocycles. The zero-order valence-electron chi connectivity index (χ0n) is 25.0. The molecule has 0 saturated carbocycles. The minimum Gasteiger partial charge on any atom is -0.493 e. The van der Waals surface area contributed by atoms with Gasteiger partial charge in [-0.05, 0) is 88.3 Å². The lowest BCUT2D eigenvalue weighted by molar-refractivity contribution is -0.139. The van der Waals surface area contributed by atoms with Crippen LogP contribution in [0.4, 0.5) is 0 Å². The van der Waals surface area contributed by atoms with Crippen molar-refractivity contribution in [3.63, 3.8) is 0 Å². The maximum atomic E-state index is 14.0. The van der Waals surface area contributed by atoms with Gasteiger partial charge in [-0.2, -0.15) is 0 Å². The Labute approximate surface area is 273 Å². The van der Waals surface area contributed by atoms with Crippen LogP contribution in [0.3, 0.4) is 0 Å². The number of carbonyl (C=O) groups excluding carboxylic acids is 1. The smallest absolute Gasteiger partial charge is 0.338 e. The van der Waals surface area contributed by atoms with E-state index in [4.69, 9.17) is 25.8 Å².